The lowest BCUT2D eigenvalue weighted by molar-refractivity contribution is -0.141. The zero-order valence-electron chi connectivity index (χ0n) is 10.3. The van der Waals surface area contributed by atoms with Gasteiger partial charge in [-0.2, -0.15) is 11.8 Å². The number of amides is 1. The molecule has 0 aliphatic carbocycles. The monoisotopic (exact) mass is 267 g/mol. The van der Waals surface area contributed by atoms with Gasteiger partial charge in [-0.3, -0.25) is 4.79 Å². The Labute approximate surface area is 111 Å². The van der Waals surface area contributed by atoms with Crippen molar-refractivity contribution < 1.29 is 14.7 Å². The minimum Gasteiger partial charge on any atom is -0.480 e. The molecule has 0 aliphatic heterocycles. The van der Waals surface area contributed by atoms with E-state index in [0.29, 0.717) is 12.2 Å². The Hall–Kier alpha value is -1.49. The molecule has 0 saturated heterocycles. The summed E-state index contributed by atoms with van der Waals surface area (Å²) in [4.78, 5) is 21.7. The van der Waals surface area contributed by atoms with Gasteiger partial charge in [0.15, 0.2) is 0 Å². The molecule has 0 aromatic heterocycles. The Bertz CT molecular complexity index is 394. The van der Waals surface area contributed by atoms with Crippen molar-refractivity contribution in [3.05, 3.63) is 35.9 Å². The van der Waals surface area contributed by atoms with Crippen LogP contribution in [0.15, 0.2) is 30.3 Å². The number of carboxylic acid groups (broad SMARTS) is 1. The smallest absolute Gasteiger partial charge is 0.326 e. The van der Waals surface area contributed by atoms with E-state index in [1.165, 1.54) is 12.5 Å². The zero-order chi connectivity index (χ0) is 13.4. The number of carbonyl (C=O) groups is 2. The van der Waals surface area contributed by atoms with Gasteiger partial charge in [-0.15, -0.1) is 0 Å². The number of aliphatic carboxylic acids is 1. The topological polar surface area (TPSA) is 66.4 Å². The molecule has 98 valence electrons. The normalized spacial score (nSPS) is 11.8. The molecule has 0 spiro atoms. The first-order valence-electron chi connectivity index (χ1n) is 5.71. The highest BCUT2D eigenvalue weighted by molar-refractivity contribution is 7.98. The minimum absolute atomic E-state index is 0.310. The van der Waals surface area contributed by atoms with Gasteiger partial charge in [0, 0.05) is 12.7 Å². The number of hydrogen-bond donors (Lipinski definition) is 2. The predicted molar refractivity (Wildman–Crippen MR) is 72.5 cm³/mol. The standard InChI is InChI=1S/C13H17NO3S/c1-10(15)14-12(13(16)17)7-8-18-9-11-5-3-2-4-6-11/h2-6,12H,7-9H2,1H3,(H,14,15)(H,16,17)/t12-/m0/s1. The van der Waals surface area contributed by atoms with Gasteiger partial charge in [0.25, 0.3) is 0 Å². The van der Waals surface area contributed by atoms with E-state index in [1.807, 2.05) is 30.3 Å². The van der Waals surface area contributed by atoms with Crippen molar-refractivity contribution in [3.8, 4) is 0 Å². The summed E-state index contributed by atoms with van der Waals surface area (Å²) in [5, 5.41) is 11.3. The van der Waals surface area contributed by atoms with E-state index in [9.17, 15) is 9.59 Å². The lowest BCUT2D eigenvalue weighted by Crippen LogP contribution is -2.39. The van der Waals surface area contributed by atoms with Gasteiger partial charge in [0.1, 0.15) is 6.04 Å². The van der Waals surface area contributed by atoms with Crippen molar-refractivity contribution in [3.63, 3.8) is 0 Å². The lowest BCUT2D eigenvalue weighted by Gasteiger charge is -2.12. The largest absolute Gasteiger partial charge is 0.480 e. The molecule has 1 rings (SSSR count). The van der Waals surface area contributed by atoms with Crippen LogP contribution in [0.3, 0.4) is 0 Å². The van der Waals surface area contributed by atoms with E-state index < -0.39 is 12.0 Å². The Kier molecular flexibility index (Phi) is 6.28. The van der Waals surface area contributed by atoms with Crippen LogP contribution in [0, 0.1) is 0 Å². The first-order chi connectivity index (χ1) is 8.59. The van der Waals surface area contributed by atoms with E-state index in [-0.39, 0.29) is 5.91 Å². The number of carbonyl (C=O) groups excluding carboxylic acids is 1. The predicted octanol–water partition coefficient (Wildman–Crippen LogP) is 1.90. The van der Waals surface area contributed by atoms with E-state index in [1.54, 1.807) is 11.8 Å². The summed E-state index contributed by atoms with van der Waals surface area (Å²) >= 11 is 1.66. The summed E-state index contributed by atoms with van der Waals surface area (Å²) in [6.45, 7) is 1.33. The van der Waals surface area contributed by atoms with Gasteiger partial charge < -0.3 is 10.4 Å². The zero-order valence-corrected chi connectivity index (χ0v) is 11.1. The maximum absolute atomic E-state index is 10.9. The Morgan fingerprint density at radius 2 is 2.00 bits per heavy atom. The number of carboxylic acids is 1. The molecule has 0 fully saturated rings. The summed E-state index contributed by atoms with van der Waals surface area (Å²) in [6, 6.07) is 9.21. The van der Waals surface area contributed by atoms with Crippen LogP contribution in [0.25, 0.3) is 0 Å². The fraction of sp³-hybridized carbons (Fsp3) is 0.385. The molecule has 18 heavy (non-hydrogen) atoms. The quantitative estimate of drug-likeness (QED) is 0.740. The fourth-order valence-corrected chi connectivity index (χ4v) is 2.44. The third-order valence-electron chi connectivity index (χ3n) is 2.34. The number of nitrogens with one attached hydrogen (secondary N) is 1. The first kappa shape index (κ1) is 14.6. The summed E-state index contributed by atoms with van der Waals surface area (Å²) in [5.74, 6) is 0.264. The van der Waals surface area contributed by atoms with Gasteiger partial charge in [-0.1, -0.05) is 30.3 Å². The van der Waals surface area contributed by atoms with Gasteiger partial charge in [-0.25, -0.2) is 4.79 Å². The van der Waals surface area contributed by atoms with Crippen molar-refractivity contribution in [2.75, 3.05) is 5.75 Å². The van der Waals surface area contributed by atoms with Crippen molar-refractivity contribution >= 4 is 23.6 Å². The van der Waals surface area contributed by atoms with Gasteiger partial charge in [-0.05, 0) is 17.7 Å². The third-order valence-corrected chi connectivity index (χ3v) is 3.40. The molecule has 0 aliphatic rings. The Balaban J connectivity index is 2.27. The molecule has 1 aromatic carbocycles. The molecule has 0 heterocycles. The summed E-state index contributed by atoms with van der Waals surface area (Å²) in [6.07, 6.45) is 0.437. The van der Waals surface area contributed by atoms with Crippen molar-refractivity contribution in [2.24, 2.45) is 0 Å². The number of benzene rings is 1. The number of thioether (sulfide) groups is 1. The summed E-state index contributed by atoms with van der Waals surface area (Å²) < 4.78 is 0. The van der Waals surface area contributed by atoms with Gasteiger partial charge >= 0.3 is 5.97 Å². The van der Waals surface area contributed by atoms with Crippen molar-refractivity contribution in [1.29, 1.82) is 0 Å². The van der Waals surface area contributed by atoms with E-state index in [4.69, 9.17) is 5.11 Å². The van der Waals surface area contributed by atoms with E-state index >= 15 is 0 Å². The van der Waals surface area contributed by atoms with Crippen LogP contribution >= 0.6 is 11.8 Å². The molecule has 0 radical (unpaired) electrons. The van der Waals surface area contributed by atoms with Gasteiger partial charge in [0.2, 0.25) is 5.91 Å². The van der Waals surface area contributed by atoms with Gasteiger partial charge in [0.05, 0.1) is 0 Å². The van der Waals surface area contributed by atoms with E-state index in [0.717, 1.165) is 5.75 Å². The average molecular weight is 267 g/mol. The minimum atomic E-state index is -0.981. The highest BCUT2D eigenvalue weighted by Gasteiger charge is 2.17. The van der Waals surface area contributed by atoms with Crippen LogP contribution in [0.4, 0.5) is 0 Å². The molecule has 2 N–H and O–H groups in total. The maximum atomic E-state index is 10.9. The highest BCUT2D eigenvalue weighted by atomic mass is 32.2. The van der Waals surface area contributed by atoms with Crippen LogP contribution in [-0.4, -0.2) is 28.8 Å². The molecule has 0 saturated carbocycles. The van der Waals surface area contributed by atoms with Crippen LogP contribution < -0.4 is 5.32 Å². The molecular weight excluding hydrogens is 250 g/mol. The van der Waals surface area contributed by atoms with E-state index in [2.05, 4.69) is 5.32 Å². The first-order valence-corrected chi connectivity index (χ1v) is 6.86. The average Bonchev–Trinajstić information content (AvgIpc) is 2.33. The molecular formula is C13H17NO3S. The molecule has 1 aromatic rings. The van der Waals surface area contributed by atoms with Crippen molar-refractivity contribution in [2.45, 2.75) is 25.1 Å². The number of hydrogen-bond acceptors (Lipinski definition) is 3. The molecule has 1 amide bonds. The molecule has 5 heteroatoms. The van der Waals surface area contributed by atoms with Crippen LogP contribution in [0.5, 0.6) is 0 Å². The summed E-state index contributed by atoms with van der Waals surface area (Å²) in [5.41, 5.74) is 1.22. The second kappa shape index (κ2) is 7.76. The third kappa shape index (κ3) is 5.72. The maximum Gasteiger partial charge on any atom is 0.326 e. The fourth-order valence-electron chi connectivity index (χ4n) is 1.47. The molecule has 4 nitrogen and oxygen atoms in total. The summed E-state index contributed by atoms with van der Waals surface area (Å²) in [7, 11) is 0. The van der Waals surface area contributed by atoms with Crippen molar-refractivity contribution in [1.82, 2.24) is 5.32 Å². The highest BCUT2D eigenvalue weighted by Crippen LogP contribution is 2.13. The second-order valence-corrected chi connectivity index (χ2v) is 5.02. The Morgan fingerprint density at radius 3 is 2.56 bits per heavy atom. The van der Waals surface area contributed by atoms with Crippen LogP contribution in [-0.2, 0) is 15.3 Å². The molecule has 0 bridgehead atoms. The molecule has 0 unspecified atom stereocenters. The van der Waals surface area contributed by atoms with Crippen LogP contribution in [0.2, 0.25) is 0 Å². The molecule has 1 atom stereocenters. The SMILES string of the molecule is CC(=O)N[C@@H](CCSCc1ccccc1)C(=O)O. The second-order valence-electron chi connectivity index (χ2n) is 3.92. The Morgan fingerprint density at radius 1 is 1.33 bits per heavy atom. The lowest BCUT2D eigenvalue weighted by atomic mass is 10.2. The van der Waals surface area contributed by atoms with Crippen LogP contribution in [0.1, 0.15) is 18.9 Å². The number of rotatable bonds is 7.